The summed E-state index contributed by atoms with van der Waals surface area (Å²) >= 11 is 4.93. The van der Waals surface area contributed by atoms with Gasteiger partial charge in [0.15, 0.2) is 0 Å². The third kappa shape index (κ3) is 4.13. The zero-order chi connectivity index (χ0) is 12.7. The number of carbonyl (C=O) groups excluding carboxylic acids is 1. The van der Waals surface area contributed by atoms with E-state index in [1.165, 1.54) is 0 Å². The Morgan fingerprint density at radius 2 is 2.06 bits per heavy atom. The maximum absolute atomic E-state index is 11.9. The molecule has 3 N–H and O–H groups in total. The van der Waals surface area contributed by atoms with Crippen molar-refractivity contribution in [3.63, 3.8) is 0 Å². The highest BCUT2D eigenvalue weighted by molar-refractivity contribution is 7.80. The lowest BCUT2D eigenvalue weighted by atomic mass is 10.1. The van der Waals surface area contributed by atoms with E-state index in [4.69, 9.17) is 17.4 Å². The van der Waals surface area contributed by atoms with Crippen LogP contribution in [-0.4, -0.2) is 22.1 Å². The van der Waals surface area contributed by atoms with E-state index < -0.39 is 0 Å². The second-order valence-electron chi connectivity index (χ2n) is 3.66. The first-order valence-corrected chi connectivity index (χ1v) is 5.89. The molecule has 0 bridgehead atoms. The fraction of sp³-hybridized carbons (Fsp3) is 0.333. The van der Waals surface area contributed by atoms with Gasteiger partial charge in [-0.05, 0) is 18.6 Å². The minimum Gasteiger partial charge on any atom is -0.343 e. The van der Waals surface area contributed by atoms with Crippen molar-refractivity contribution in [2.75, 3.05) is 0 Å². The lowest BCUT2D eigenvalue weighted by Crippen LogP contribution is -2.44. The molecule has 0 spiro atoms. The van der Waals surface area contributed by atoms with Gasteiger partial charge in [-0.1, -0.05) is 43.8 Å². The van der Waals surface area contributed by atoms with Crippen LogP contribution in [0.4, 0.5) is 0 Å². The molecule has 0 heterocycles. The predicted molar refractivity (Wildman–Crippen MR) is 70.1 cm³/mol. The molecule has 0 aromatic heterocycles. The largest absolute Gasteiger partial charge is 0.343 e. The van der Waals surface area contributed by atoms with Crippen molar-refractivity contribution in [3.05, 3.63) is 35.9 Å². The van der Waals surface area contributed by atoms with E-state index >= 15 is 0 Å². The number of rotatable bonds is 5. The van der Waals surface area contributed by atoms with Gasteiger partial charge in [-0.2, -0.15) is 0 Å². The Balaban J connectivity index is 2.67. The highest BCUT2D eigenvalue weighted by atomic mass is 32.1. The summed E-state index contributed by atoms with van der Waals surface area (Å²) in [6.45, 7) is 1.99. The third-order valence-electron chi connectivity index (χ3n) is 2.35. The van der Waals surface area contributed by atoms with Crippen LogP contribution < -0.4 is 10.8 Å². The van der Waals surface area contributed by atoms with E-state index in [0.717, 1.165) is 6.42 Å². The molecule has 0 aliphatic carbocycles. The zero-order valence-corrected chi connectivity index (χ0v) is 10.5. The van der Waals surface area contributed by atoms with Crippen molar-refractivity contribution < 1.29 is 10.0 Å². The van der Waals surface area contributed by atoms with Gasteiger partial charge in [0.05, 0.1) is 6.04 Å². The molecule has 0 radical (unpaired) electrons. The molecule has 0 fully saturated rings. The predicted octanol–water partition coefficient (Wildman–Crippen LogP) is 1.89. The SMILES string of the molecule is CCC[C@@H](NC(=O)c1ccccc1)C(=S)NO. The average Bonchev–Trinajstić information content (AvgIpc) is 2.38. The Labute approximate surface area is 106 Å². The average molecular weight is 252 g/mol. The van der Waals surface area contributed by atoms with Crippen molar-refractivity contribution in [2.24, 2.45) is 0 Å². The maximum atomic E-state index is 11.9. The molecule has 1 atom stereocenters. The number of nitrogens with one attached hydrogen (secondary N) is 2. The Kier molecular flexibility index (Phi) is 5.59. The summed E-state index contributed by atoms with van der Waals surface area (Å²) in [5.74, 6) is -0.193. The molecule has 0 unspecified atom stereocenters. The quantitative estimate of drug-likeness (QED) is 0.553. The molecular formula is C12H16N2O2S. The monoisotopic (exact) mass is 252 g/mol. The van der Waals surface area contributed by atoms with E-state index in [1.54, 1.807) is 24.3 Å². The fourth-order valence-electron chi connectivity index (χ4n) is 1.47. The fourth-order valence-corrected chi connectivity index (χ4v) is 1.64. The lowest BCUT2D eigenvalue weighted by molar-refractivity contribution is 0.0943. The minimum atomic E-state index is -0.340. The second kappa shape index (κ2) is 6.98. The van der Waals surface area contributed by atoms with Crippen molar-refractivity contribution in [1.29, 1.82) is 0 Å². The molecule has 0 saturated heterocycles. The van der Waals surface area contributed by atoms with Gasteiger partial charge in [0, 0.05) is 5.56 Å². The van der Waals surface area contributed by atoms with Crippen LogP contribution in [0.2, 0.25) is 0 Å². The molecule has 0 aliphatic heterocycles. The lowest BCUT2D eigenvalue weighted by Gasteiger charge is -2.18. The standard InChI is InChI=1S/C12H16N2O2S/c1-2-6-10(12(17)14-16)13-11(15)9-7-4-3-5-8-9/h3-5,7-8,10,16H,2,6H2,1H3,(H,13,15)(H,14,17)/t10-/m1/s1. The Hall–Kier alpha value is -1.46. The third-order valence-corrected chi connectivity index (χ3v) is 2.72. The highest BCUT2D eigenvalue weighted by Gasteiger charge is 2.16. The van der Waals surface area contributed by atoms with Crippen molar-refractivity contribution >= 4 is 23.1 Å². The van der Waals surface area contributed by atoms with Crippen LogP contribution in [0, 0.1) is 0 Å². The molecule has 0 aliphatic rings. The first kappa shape index (κ1) is 13.6. The molecule has 0 saturated carbocycles. The summed E-state index contributed by atoms with van der Waals surface area (Å²) in [4.78, 5) is 12.1. The number of hydrogen-bond donors (Lipinski definition) is 3. The first-order chi connectivity index (χ1) is 8.19. The number of carbonyl (C=O) groups is 1. The van der Waals surface area contributed by atoms with Crippen LogP contribution in [0.15, 0.2) is 30.3 Å². The molecule has 1 amide bonds. The smallest absolute Gasteiger partial charge is 0.251 e. The number of benzene rings is 1. The Morgan fingerprint density at radius 3 is 2.59 bits per heavy atom. The minimum absolute atomic E-state index is 0.193. The van der Waals surface area contributed by atoms with E-state index in [0.29, 0.717) is 12.0 Å². The van der Waals surface area contributed by atoms with Gasteiger partial charge in [-0.25, -0.2) is 0 Å². The van der Waals surface area contributed by atoms with Crippen molar-refractivity contribution in [1.82, 2.24) is 10.8 Å². The molecule has 1 rings (SSSR count). The van der Waals surface area contributed by atoms with Crippen molar-refractivity contribution in [3.8, 4) is 0 Å². The number of amides is 1. The van der Waals surface area contributed by atoms with Crippen LogP contribution in [-0.2, 0) is 0 Å². The summed E-state index contributed by atoms with van der Waals surface area (Å²) in [6.07, 6.45) is 1.55. The molecule has 1 aromatic carbocycles. The van der Waals surface area contributed by atoms with Crippen molar-refractivity contribution in [2.45, 2.75) is 25.8 Å². The molecule has 4 nitrogen and oxygen atoms in total. The Bertz CT molecular complexity index is 381. The summed E-state index contributed by atoms with van der Waals surface area (Å²) < 4.78 is 0. The molecule has 17 heavy (non-hydrogen) atoms. The number of hydrogen-bond acceptors (Lipinski definition) is 3. The van der Waals surface area contributed by atoms with Gasteiger partial charge in [-0.3, -0.25) is 15.5 Å². The van der Waals surface area contributed by atoms with Crippen LogP contribution in [0.1, 0.15) is 30.1 Å². The van der Waals surface area contributed by atoms with E-state index in [-0.39, 0.29) is 16.9 Å². The van der Waals surface area contributed by atoms with Gasteiger partial charge < -0.3 is 5.32 Å². The van der Waals surface area contributed by atoms with Gasteiger partial charge in [0.25, 0.3) is 5.91 Å². The maximum Gasteiger partial charge on any atom is 0.251 e. The topological polar surface area (TPSA) is 61.4 Å². The van der Waals surface area contributed by atoms with Crippen LogP contribution in [0.5, 0.6) is 0 Å². The Morgan fingerprint density at radius 1 is 1.41 bits per heavy atom. The van der Waals surface area contributed by atoms with Gasteiger partial charge in [0.1, 0.15) is 4.99 Å². The normalized spacial score (nSPS) is 11.6. The highest BCUT2D eigenvalue weighted by Crippen LogP contribution is 2.03. The van der Waals surface area contributed by atoms with Crippen LogP contribution >= 0.6 is 12.2 Å². The molecule has 92 valence electrons. The van der Waals surface area contributed by atoms with Crippen LogP contribution in [0.25, 0.3) is 0 Å². The summed E-state index contributed by atoms with van der Waals surface area (Å²) in [5.41, 5.74) is 2.50. The van der Waals surface area contributed by atoms with E-state index in [9.17, 15) is 4.79 Å². The first-order valence-electron chi connectivity index (χ1n) is 5.49. The van der Waals surface area contributed by atoms with Gasteiger partial charge >= 0.3 is 0 Å². The van der Waals surface area contributed by atoms with Gasteiger partial charge in [-0.15, -0.1) is 0 Å². The number of hydroxylamine groups is 1. The summed E-state index contributed by atoms with van der Waals surface area (Å²) in [6, 6.07) is 8.56. The molecular weight excluding hydrogens is 236 g/mol. The summed E-state index contributed by atoms with van der Waals surface area (Å²) in [7, 11) is 0. The summed E-state index contributed by atoms with van der Waals surface area (Å²) in [5, 5.41) is 11.6. The second-order valence-corrected chi connectivity index (χ2v) is 4.10. The van der Waals surface area contributed by atoms with E-state index in [1.807, 2.05) is 18.5 Å². The van der Waals surface area contributed by atoms with Gasteiger partial charge in [0.2, 0.25) is 0 Å². The van der Waals surface area contributed by atoms with Crippen LogP contribution in [0.3, 0.4) is 0 Å². The molecule has 1 aromatic rings. The zero-order valence-electron chi connectivity index (χ0n) is 9.64. The molecule has 5 heteroatoms. The van der Waals surface area contributed by atoms with E-state index in [2.05, 4.69) is 5.32 Å². The number of thiocarbonyl (C=S) groups is 1.